The molecule has 0 aliphatic heterocycles. The van der Waals surface area contributed by atoms with E-state index in [1.54, 1.807) is 6.20 Å². The highest BCUT2D eigenvalue weighted by Crippen LogP contribution is 2.20. The van der Waals surface area contributed by atoms with Crippen LogP contribution in [0.2, 0.25) is 0 Å². The number of amides is 1. The molecule has 1 saturated carbocycles. The van der Waals surface area contributed by atoms with E-state index in [9.17, 15) is 4.79 Å². The Kier molecular flexibility index (Phi) is 3.58. The van der Waals surface area contributed by atoms with Crippen LogP contribution < -0.4 is 15.5 Å². The molecular weight excluding hydrogens is 216 g/mol. The molecule has 5 nitrogen and oxygen atoms in total. The van der Waals surface area contributed by atoms with Crippen molar-refractivity contribution in [3.8, 4) is 0 Å². The van der Waals surface area contributed by atoms with Gasteiger partial charge in [0, 0.05) is 26.3 Å². The summed E-state index contributed by atoms with van der Waals surface area (Å²) in [6.07, 6.45) is 4.08. The van der Waals surface area contributed by atoms with Gasteiger partial charge in [-0.1, -0.05) is 0 Å². The summed E-state index contributed by atoms with van der Waals surface area (Å²) in [5.74, 6) is 0.750. The zero-order chi connectivity index (χ0) is 12.3. The first-order chi connectivity index (χ1) is 8.16. The van der Waals surface area contributed by atoms with E-state index in [0.29, 0.717) is 12.6 Å². The first kappa shape index (κ1) is 11.9. The molecule has 2 N–H and O–H groups in total. The van der Waals surface area contributed by atoms with E-state index in [1.807, 2.05) is 31.1 Å². The highest BCUT2D eigenvalue weighted by Gasteiger charge is 2.21. The van der Waals surface area contributed by atoms with Crippen LogP contribution in [0.4, 0.5) is 11.5 Å². The Bertz CT molecular complexity index is 401. The topological polar surface area (TPSA) is 57.3 Å². The van der Waals surface area contributed by atoms with E-state index < -0.39 is 0 Å². The summed E-state index contributed by atoms with van der Waals surface area (Å²) in [5, 5.41) is 6.05. The minimum absolute atomic E-state index is 0.0204. The molecule has 0 spiro atoms. The summed E-state index contributed by atoms with van der Waals surface area (Å²) in [6, 6.07) is 4.22. The predicted octanol–water partition coefficient (Wildman–Crippen LogP) is 0.838. The largest absolute Gasteiger partial charge is 0.361 e. The monoisotopic (exact) mass is 234 g/mol. The number of rotatable bonds is 5. The average molecular weight is 234 g/mol. The van der Waals surface area contributed by atoms with Gasteiger partial charge in [-0.3, -0.25) is 4.79 Å². The summed E-state index contributed by atoms with van der Waals surface area (Å²) >= 11 is 0. The Labute approximate surface area is 101 Å². The average Bonchev–Trinajstić information content (AvgIpc) is 3.10. The minimum atomic E-state index is -0.0204. The fraction of sp³-hybridized carbons (Fsp3) is 0.500. The lowest BCUT2D eigenvalue weighted by molar-refractivity contribution is -0.115. The third-order valence-corrected chi connectivity index (χ3v) is 2.61. The number of pyridine rings is 1. The van der Waals surface area contributed by atoms with Crippen molar-refractivity contribution in [1.82, 2.24) is 10.3 Å². The zero-order valence-electron chi connectivity index (χ0n) is 10.2. The maximum Gasteiger partial charge on any atom is 0.238 e. The number of nitrogens with zero attached hydrogens (tertiary/aromatic N) is 2. The maximum atomic E-state index is 11.7. The molecule has 92 valence electrons. The molecule has 1 aliphatic carbocycles. The van der Waals surface area contributed by atoms with Crippen molar-refractivity contribution in [1.29, 1.82) is 0 Å². The lowest BCUT2D eigenvalue weighted by Gasteiger charge is -2.16. The van der Waals surface area contributed by atoms with E-state index in [2.05, 4.69) is 15.6 Å². The first-order valence-corrected chi connectivity index (χ1v) is 5.82. The Morgan fingerprint density at radius 1 is 1.53 bits per heavy atom. The van der Waals surface area contributed by atoms with E-state index in [4.69, 9.17) is 0 Å². The zero-order valence-corrected chi connectivity index (χ0v) is 10.2. The molecule has 1 heterocycles. The lowest BCUT2D eigenvalue weighted by Crippen LogP contribution is -2.30. The van der Waals surface area contributed by atoms with Crippen LogP contribution in [0.5, 0.6) is 0 Å². The summed E-state index contributed by atoms with van der Waals surface area (Å²) in [4.78, 5) is 17.8. The highest BCUT2D eigenvalue weighted by molar-refractivity contribution is 5.94. The van der Waals surface area contributed by atoms with Crippen LogP contribution in [-0.2, 0) is 4.79 Å². The van der Waals surface area contributed by atoms with Crippen LogP contribution in [0.15, 0.2) is 18.3 Å². The van der Waals surface area contributed by atoms with E-state index in [0.717, 1.165) is 11.5 Å². The van der Waals surface area contributed by atoms with Crippen LogP contribution in [0.1, 0.15) is 12.8 Å². The van der Waals surface area contributed by atoms with E-state index in [-0.39, 0.29) is 5.91 Å². The summed E-state index contributed by atoms with van der Waals surface area (Å²) in [5.41, 5.74) is 0.750. The van der Waals surface area contributed by atoms with Crippen molar-refractivity contribution >= 4 is 17.4 Å². The fourth-order valence-corrected chi connectivity index (χ4v) is 1.57. The molecule has 5 heteroatoms. The van der Waals surface area contributed by atoms with Crippen LogP contribution in [-0.4, -0.2) is 37.6 Å². The number of aromatic nitrogens is 1. The van der Waals surface area contributed by atoms with Crippen molar-refractivity contribution in [2.24, 2.45) is 0 Å². The molecule has 1 fully saturated rings. The molecule has 0 aromatic carbocycles. The molecule has 0 atom stereocenters. The quantitative estimate of drug-likeness (QED) is 0.792. The Morgan fingerprint density at radius 3 is 2.94 bits per heavy atom. The van der Waals surface area contributed by atoms with Crippen molar-refractivity contribution < 1.29 is 4.79 Å². The lowest BCUT2D eigenvalue weighted by atomic mass is 10.3. The van der Waals surface area contributed by atoms with Gasteiger partial charge in [0.1, 0.15) is 0 Å². The van der Waals surface area contributed by atoms with Gasteiger partial charge in [-0.05, 0) is 25.0 Å². The Hall–Kier alpha value is -1.62. The van der Waals surface area contributed by atoms with Gasteiger partial charge in [0.05, 0.1) is 12.2 Å². The molecule has 0 radical (unpaired) electrons. The molecule has 1 amide bonds. The van der Waals surface area contributed by atoms with Crippen LogP contribution in [0, 0.1) is 0 Å². The standard InChI is InChI=1S/C12H18N4O/c1-16(2)12-10(4-3-7-13-12)15-11(17)8-14-9-5-6-9/h3-4,7,9,14H,5-6,8H2,1-2H3,(H,15,17). The molecule has 17 heavy (non-hydrogen) atoms. The first-order valence-electron chi connectivity index (χ1n) is 5.82. The third-order valence-electron chi connectivity index (χ3n) is 2.61. The second-order valence-electron chi connectivity index (χ2n) is 4.47. The van der Waals surface area contributed by atoms with Gasteiger partial charge in [-0.15, -0.1) is 0 Å². The van der Waals surface area contributed by atoms with Gasteiger partial charge in [-0.2, -0.15) is 0 Å². The Morgan fingerprint density at radius 2 is 2.29 bits per heavy atom. The summed E-state index contributed by atoms with van der Waals surface area (Å²) in [6.45, 7) is 0.367. The van der Waals surface area contributed by atoms with Gasteiger partial charge in [0.15, 0.2) is 5.82 Å². The van der Waals surface area contributed by atoms with Gasteiger partial charge < -0.3 is 15.5 Å². The van der Waals surface area contributed by atoms with Crippen LogP contribution in [0.3, 0.4) is 0 Å². The summed E-state index contributed by atoms with van der Waals surface area (Å²) in [7, 11) is 3.81. The molecule has 2 rings (SSSR count). The van der Waals surface area contributed by atoms with Gasteiger partial charge in [-0.25, -0.2) is 4.98 Å². The molecule has 0 unspecified atom stereocenters. The number of carbonyl (C=O) groups excluding carboxylic acids is 1. The van der Waals surface area contributed by atoms with Gasteiger partial charge in [0.2, 0.25) is 5.91 Å². The van der Waals surface area contributed by atoms with E-state index >= 15 is 0 Å². The van der Waals surface area contributed by atoms with Gasteiger partial charge in [0.25, 0.3) is 0 Å². The molecule has 1 aromatic rings. The van der Waals surface area contributed by atoms with Crippen molar-refractivity contribution in [2.75, 3.05) is 30.9 Å². The van der Waals surface area contributed by atoms with Crippen molar-refractivity contribution in [2.45, 2.75) is 18.9 Å². The number of carbonyl (C=O) groups is 1. The van der Waals surface area contributed by atoms with Crippen LogP contribution >= 0.6 is 0 Å². The summed E-state index contributed by atoms with van der Waals surface area (Å²) < 4.78 is 0. The third kappa shape index (κ3) is 3.42. The second-order valence-corrected chi connectivity index (χ2v) is 4.47. The number of hydrogen-bond acceptors (Lipinski definition) is 4. The van der Waals surface area contributed by atoms with Crippen molar-refractivity contribution in [3.05, 3.63) is 18.3 Å². The van der Waals surface area contributed by atoms with Gasteiger partial charge >= 0.3 is 0 Å². The fourth-order valence-electron chi connectivity index (χ4n) is 1.57. The molecule has 1 aliphatic rings. The molecule has 0 saturated heterocycles. The maximum absolute atomic E-state index is 11.7. The number of anilines is 2. The second kappa shape index (κ2) is 5.14. The molecular formula is C12H18N4O. The van der Waals surface area contributed by atoms with Crippen LogP contribution in [0.25, 0.3) is 0 Å². The number of nitrogens with one attached hydrogen (secondary N) is 2. The molecule has 0 bridgehead atoms. The smallest absolute Gasteiger partial charge is 0.238 e. The predicted molar refractivity (Wildman–Crippen MR) is 68.2 cm³/mol. The minimum Gasteiger partial charge on any atom is -0.361 e. The highest BCUT2D eigenvalue weighted by atomic mass is 16.1. The normalized spacial score (nSPS) is 14.5. The molecule has 1 aromatic heterocycles. The van der Waals surface area contributed by atoms with E-state index in [1.165, 1.54) is 12.8 Å². The van der Waals surface area contributed by atoms with Crippen molar-refractivity contribution in [3.63, 3.8) is 0 Å². The number of hydrogen-bond donors (Lipinski definition) is 2. The SMILES string of the molecule is CN(C)c1ncccc1NC(=O)CNC1CC1. The Balaban J connectivity index is 1.94.